The molecule has 0 saturated carbocycles. The topological polar surface area (TPSA) is 91.8 Å². The highest BCUT2D eigenvalue weighted by molar-refractivity contribution is 7.17. The molecule has 116 valence electrons. The number of carboxylic acid groups (broad SMARTS) is 1. The van der Waals surface area contributed by atoms with E-state index in [1.54, 1.807) is 11.8 Å². The zero-order valence-corrected chi connectivity index (χ0v) is 12.9. The molecule has 1 aromatic heterocycles. The second kappa shape index (κ2) is 6.86. The normalized spacial score (nSPS) is 18.6. The van der Waals surface area contributed by atoms with Crippen LogP contribution in [-0.4, -0.2) is 59.2 Å². The third kappa shape index (κ3) is 3.70. The van der Waals surface area contributed by atoms with Gasteiger partial charge < -0.3 is 20.1 Å². The van der Waals surface area contributed by atoms with Crippen molar-refractivity contribution in [3.8, 4) is 0 Å². The summed E-state index contributed by atoms with van der Waals surface area (Å²) in [6.07, 6.45) is -0.107. The molecule has 1 amide bonds. The number of aromatic nitrogens is 1. The van der Waals surface area contributed by atoms with Crippen molar-refractivity contribution in [1.82, 2.24) is 9.88 Å². The van der Waals surface area contributed by atoms with Gasteiger partial charge >= 0.3 is 5.97 Å². The van der Waals surface area contributed by atoms with Gasteiger partial charge in [0.15, 0.2) is 5.13 Å². The Morgan fingerprint density at radius 2 is 2.33 bits per heavy atom. The first kappa shape index (κ1) is 15.7. The summed E-state index contributed by atoms with van der Waals surface area (Å²) in [6.45, 7) is 5.58. The highest BCUT2D eigenvalue weighted by Gasteiger charge is 2.31. The largest absolute Gasteiger partial charge is 0.481 e. The van der Waals surface area contributed by atoms with E-state index < -0.39 is 12.0 Å². The molecule has 1 saturated heterocycles. The number of carbonyl (C=O) groups excluding carboxylic acids is 1. The molecule has 8 heteroatoms. The second-order valence-corrected chi connectivity index (χ2v) is 5.79. The number of hydrogen-bond donors (Lipinski definition) is 2. The maximum absolute atomic E-state index is 12.7. The minimum Gasteiger partial charge on any atom is -0.481 e. The van der Waals surface area contributed by atoms with Crippen LogP contribution < -0.4 is 5.32 Å². The van der Waals surface area contributed by atoms with Crippen LogP contribution in [0.2, 0.25) is 0 Å². The third-order valence-corrected chi connectivity index (χ3v) is 4.32. The van der Waals surface area contributed by atoms with Crippen molar-refractivity contribution in [3.05, 3.63) is 10.6 Å². The Bertz CT molecular complexity index is 531. The Balaban J connectivity index is 2.18. The molecule has 2 rings (SSSR count). The summed E-state index contributed by atoms with van der Waals surface area (Å²) in [7, 11) is 0. The molecule has 7 nitrogen and oxygen atoms in total. The molecule has 1 fully saturated rings. The molecule has 1 atom stereocenters. The van der Waals surface area contributed by atoms with Gasteiger partial charge in [-0.25, -0.2) is 4.98 Å². The predicted molar refractivity (Wildman–Crippen MR) is 78.9 cm³/mol. The fourth-order valence-corrected chi connectivity index (χ4v) is 3.24. The summed E-state index contributed by atoms with van der Waals surface area (Å²) < 4.78 is 5.29. The highest BCUT2D eigenvalue weighted by atomic mass is 32.1. The molecule has 0 spiro atoms. The van der Waals surface area contributed by atoms with Crippen LogP contribution in [-0.2, 0) is 9.53 Å². The summed E-state index contributed by atoms with van der Waals surface area (Å²) in [5, 5.41) is 12.7. The number of hydrogen-bond acceptors (Lipinski definition) is 6. The average molecular weight is 313 g/mol. The summed E-state index contributed by atoms with van der Waals surface area (Å²) in [4.78, 5) is 30.0. The van der Waals surface area contributed by atoms with Gasteiger partial charge in [0.2, 0.25) is 0 Å². The van der Waals surface area contributed by atoms with E-state index >= 15 is 0 Å². The molecule has 1 unspecified atom stereocenters. The third-order valence-electron chi connectivity index (χ3n) is 3.22. The van der Waals surface area contributed by atoms with Gasteiger partial charge in [-0.1, -0.05) is 11.3 Å². The first-order chi connectivity index (χ1) is 10.0. The summed E-state index contributed by atoms with van der Waals surface area (Å²) in [6, 6.07) is -0.423. The van der Waals surface area contributed by atoms with Crippen molar-refractivity contribution in [1.29, 1.82) is 0 Å². The van der Waals surface area contributed by atoms with Gasteiger partial charge in [0.25, 0.3) is 5.91 Å². The van der Waals surface area contributed by atoms with Gasteiger partial charge in [0.05, 0.1) is 31.4 Å². The molecule has 0 aliphatic carbocycles. The number of amides is 1. The zero-order valence-electron chi connectivity index (χ0n) is 12.1. The number of carbonyl (C=O) groups is 2. The smallest absolute Gasteiger partial charge is 0.305 e. The fourth-order valence-electron chi connectivity index (χ4n) is 2.24. The van der Waals surface area contributed by atoms with Crippen LogP contribution >= 0.6 is 11.3 Å². The molecule has 2 heterocycles. The first-order valence-corrected chi connectivity index (χ1v) is 7.66. The molecule has 0 radical (unpaired) electrons. The number of nitrogens with zero attached hydrogens (tertiary/aromatic N) is 2. The number of thiazole rings is 1. The lowest BCUT2D eigenvalue weighted by Crippen LogP contribution is -2.49. The number of aryl methyl sites for hydroxylation is 1. The van der Waals surface area contributed by atoms with E-state index in [-0.39, 0.29) is 18.9 Å². The Morgan fingerprint density at radius 3 is 3.00 bits per heavy atom. The lowest BCUT2D eigenvalue weighted by Gasteiger charge is -2.34. The van der Waals surface area contributed by atoms with Gasteiger partial charge in [-0.3, -0.25) is 9.59 Å². The SMILES string of the molecule is CCNc1nc(C)c(C(=O)N2CCOCC2CC(=O)O)s1. The van der Waals surface area contributed by atoms with Crippen molar-refractivity contribution in [2.75, 3.05) is 31.6 Å². The van der Waals surface area contributed by atoms with Crippen LogP contribution in [0.15, 0.2) is 0 Å². The van der Waals surface area contributed by atoms with E-state index in [1.807, 2.05) is 6.92 Å². The number of anilines is 1. The summed E-state index contributed by atoms with van der Waals surface area (Å²) >= 11 is 1.31. The predicted octanol–water partition coefficient (Wildman–Crippen LogP) is 1.20. The van der Waals surface area contributed by atoms with Crippen LogP contribution in [0.3, 0.4) is 0 Å². The van der Waals surface area contributed by atoms with Crippen molar-refractivity contribution >= 4 is 28.3 Å². The van der Waals surface area contributed by atoms with Gasteiger partial charge in [-0.2, -0.15) is 0 Å². The van der Waals surface area contributed by atoms with Gasteiger partial charge in [-0.15, -0.1) is 0 Å². The van der Waals surface area contributed by atoms with E-state index in [9.17, 15) is 9.59 Å². The van der Waals surface area contributed by atoms with Gasteiger partial charge in [0, 0.05) is 13.1 Å². The number of nitrogens with one attached hydrogen (secondary N) is 1. The summed E-state index contributed by atoms with van der Waals surface area (Å²) in [5.74, 6) is -1.10. The van der Waals surface area contributed by atoms with Crippen LogP contribution in [0.25, 0.3) is 0 Å². The fraction of sp³-hybridized carbons (Fsp3) is 0.615. The number of rotatable bonds is 5. The minimum absolute atomic E-state index is 0.107. The lowest BCUT2D eigenvalue weighted by molar-refractivity contribution is -0.139. The van der Waals surface area contributed by atoms with Crippen molar-refractivity contribution in [2.45, 2.75) is 26.3 Å². The van der Waals surface area contributed by atoms with Crippen LogP contribution in [0, 0.1) is 6.92 Å². The summed E-state index contributed by atoms with van der Waals surface area (Å²) in [5.41, 5.74) is 0.668. The van der Waals surface area contributed by atoms with Crippen molar-refractivity contribution in [3.63, 3.8) is 0 Å². The molecule has 0 bridgehead atoms. The van der Waals surface area contributed by atoms with Crippen molar-refractivity contribution < 1.29 is 19.4 Å². The molecular weight excluding hydrogens is 294 g/mol. The van der Waals surface area contributed by atoms with Gasteiger partial charge in [-0.05, 0) is 13.8 Å². The Morgan fingerprint density at radius 1 is 1.57 bits per heavy atom. The average Bonchev–Trinajstić information content (AvgIpc) is 2.79. The van der Waals surface area contributed by atoms with Crippen LogP contribution in [0.4, 0.5) is 5.13 Å². The van der Waals surface area contributed by atoms with Crippen LogP contribution in [0.5, 0.6) is 0 Å². The highest BCUT2D eigenvalue weighted by Crippen LogP contribution is 2.25. The van der Waals surface area contributed by atoms with Crippen LogP contribution in [0.1, 0.15) is 28.7 Å². The minimum atomic E-state index is -0.933. The lowest BCUT2D eigenvalue weighted by atomic mass is 10.1. The quantitative estimate of drug-likeness (QED) is 0.848. The van der Waals surface area contributed by atoms with Crippen molar-refractivity contribution in [2.24, 2.45) is 0 Å². The van der Waals surface area contributed by atoms with E-state index in [1.165, 1.54) is 11.3 Å². The Hall–Kier alpha value is -1.67. The molecule has 1 aliphatic heterocycles. The number of carboxylic acids is 1. The van der Waals surface area contributed by atoms with E-state index in [0.717, 1.165) is 6.54 Å². The van der Waals surface area contributed by atoms with Gasteiger partial charge in [0.1, 0.15) is 4.88 Å². The number of aliphatic carboxylic acids is 1. The zero-order chi connectivity index (χ0) is 15.4. The van der Waals surface area contributed by atoms with E-state index in [0.29, 0.717) is 28.9 Å². The molecule has 21 heavy (non-hydrogen) atoms. The monoisotopic (exact) mass is 313 g/mol. The molecule has 1 aliphatic rings. The van der Waals surface area contributed by atoms with E-state index in [2.05, 4.69) is 10.3 Å². The maximum Gasteiger partial charge on any atom is 0.305 e. The number of ether oxygens (including phenoxy) is 1. The maximum atomic E-state index is 12.7. The Labute approximate surface area is 126 Å². The standard InChI is InChI=1S/C13H19N3O4S/c1-3-14-13-15-8(2)11(21-13)12(19)16-4-5-20-7-9(16)6-10(17)18/h9H,3-7H2,1-2H3,(H,14,15)(H,17,18). The molecule has 0 aromatic carbocycles. The first-order valence-electron chi connectivity index (χ1n) is 6.84. The second-order valence-electron chi connectivity index (χ2n) is 4.79. The Kier molecular flexibility index (Phi) is 5.13. The number of morpholine rings is 1. The molecular formula is C13H19N3O4S. The molecule has 1 aromatic rings. The molecule has 2 N–H and O–H groups in total. The van der Waals surface area contributed by atoms with E-state index in [4.69, 9.17) is 9.84 Å².